The van der Waals surface area contributed by atoms with Crippen LogP contribution in [0.2, 0.25) is 0 Å². The Labute approximate surface area is 99.2 Å². The van der Waals surface area contributed by atoms with E-state index in [1.165, 1.54) is 0 Å². The van der Waals surface area contributed by atoms with Gasteiger partial charge in [0.15, 0.2) is 5.96 Å². The van der Waals surface area contributed by atoms with E-state index in [1.54, 1.807) is 6.20 Å². The van der Waals surface area contributed by atoms with Crippen molar-refractivity contribution in [2.45, 2.75) is 0 Å². The van der Waals surface area contributed by atoms with Crippen LogP contribution in [0.1, 0.15) is 0 Å². The monoisotopic (exact) mass is 227 g/mol. The van der Waals surface area contributed by atoms with E-state index in [-0.39, 0.29) is 0 Å². The van der Waals surface area contributed by atoms with Gasteiger partial charge in [-0.3, -0.25) is 4.99 Å². The first-order valence-electron chi connectivity index (χ1n) is 5.58. The van der Waals surface area contributed by atoms with Crippen LogP contribution in [0.5, 0.6) is 0 Å². The number of benzene rings is 1. The normalized spacial score (nSPS) is 14.2. The van der Waals surface area contributed by atoms with Gasteiger partial charge in [0.2, 0.25) is 0 Å². The first kappa shape index (κ1) is 9.89. The SMILES string of the molecule is c1ccc(-n2nccc2NC2=NCCN2)cc1. The lowest BCUT2D eigenvalue weighted by Gasteiger charge is -2.09. The molecule has 5 heteroatoms. The van der Waals surface area contributed by atoms with Crippen molar-refractivity contribution in [2.75, 3.05) is 18.4 Å². The van der Waals surface area contributed by atoms with Crippen molar-refractivity contribution in [3.05, 3.63) is 42.6 Å². The Hall–Kier alpha value is -2.30. The Morgan fingerprint density at radius 1 is 1.18 bits per heavy atom. The molecule has 0 bridgehead atoms. The Kier molecular flexibility index (Phi) is 2.50. The Balaban J connectivity index is 1.89. The summed E-state index contributed by atoms with van der Waals surface area (Å²) in [5.41, 5.74) is 1.03. The maximum Gasteiger partial charge on any atom is 0.197 e. The van der Waals surface area contributed by atoms with Crippen molar-refractivity contribution in [2.24, 2.45) is 4.99 Å². The van der Waals surface area contributed by atoms with E-state index in [1.807, 2.05) is 41.1 Å². The zero-order valence-electron chi connectivity index (χ0n) is 9.30. The summed E-state index contributed by atoms with van der Waals surface area (Å²) < 4.78 is 1.85. The number of aliphatic imine (C=N–C) groups is 1. The predicted molar refractivity (Wildman–Crippen MR) is 67.5 cm³/mol. The van der Waals surface area contributed by atoms with Crippen molar-refractivity contribution in [3.8, 4) is 5.69 Å². The topological polar surface area (TPSA) is 54.2 Å². The van der Waals surface area contributed by atoms with Gasteiger partial charge in [-0.2, -0.15) is 5.10 Å². The van der Waals surface area contributed by atoms with E-state index in [2.05, 4.69) is 20.7 Å². The van der Waals surface area contributed by atoms with Crippen molar-refractivity contribution in [1.29, 1.82) is 0 Å². The highest BCUT2D eigenvalue weighted by atomic mass is 15.4. The summed E-state index contributed by atoms with van der Waals surface area (Å²) >= 11 is 0. The van der Waals surface area contributed by atoms with Crippen LogP contribution in [-0.4, -0.2) is 28.8 Å². The molecule has 2 N–H and O–H groups in total. The molecule has 1 aromatic heterocycles. The predicted octanol–water partition coefficient (Wildman–Crippen LogP) is 1.24. The van der Waals surface area contributed by atoms with Gasteiger partial charge >= 0.3 is 0 Å². The van der Waals surface area contributed by atoms with Crippen LogP contribution < -0.4 is 10.6 Å². The number of nitrogens with one attached hydrogen (secondary N) is 2. The first-order chi connectivity index (χ1) is 8.43. The third-order valence-electron chi connectivity index (χ3n) is 2.56. The lowest BCUT2D eigenvalue weighted by atomic mass is 10.3. The van der Waals surface area contributed by atoms with Gasteiger partial charge in [-0.1, -0.05) is 18.2 Å². The number of nitrogens with zero attached hydrogens (tertiary/aromatic N) is 3. The largest absolute Gasteiger partial charge is 0.354 e. The lowest BCUT2D eigenvalue weighted by Crippen LogP contribution is -2.27. The van der Waals surface area contributed by atoms with Gasteiger partial charge in [-0.25, -0.2) is 4.68 Å². The fourth-order valence-corrected chi connectivity index (χ4v) is 1.78. The third-order valence-corrected chi connectivity index (χ3v) is 2.56. The van der Waals surface area contributed by atoms with E-state index in [9.17, 15) is 0 Å². The molecule has 2 aromatic rings. The summed E-state index contributed by atoms with van der Waals surface area (Å²) in [6.07, 6.45) is 1.77. The summed E-state index contributed by atoms with van der Waals surface area (Å²) in [5.74, 6) is 1.71. The van der Waals surface area contributed by atoms with Gasteiger partial charge in [-0.15, -0.1) is 0 Å². The number of para-hydroxylation sites is 1. The van der Waals surface area contributed by atoms with Crippen LogP contribution in [0, 0.1) is 0 Å². The highest BCUT2D eigenvalue weighted by molar-refractivity contribution is 5.94. The zero-order chi connectivity index (χ0) is 11.5. The van der Waals surface area contributed by atoms with Crippen LogP contribution in [0.4, 0.5) is 5.82 Å². The molecule has 1 aromatic carbocycles. The lowest BCUT2D eigenvalue weighted by molar-refractivity contribution is 0.887. The molecule has 0 spiro atoms. The second kappa shape index (κ2) is 4.29. The van der Waals surface area contributed by atoms with Crippen molar-refractivity contribution in [1.82, 2.24) is 15.1 Å². The molecular weight excluding hydrogens is 214 g/mol. The molecular formula is C12H13N5. The molecule has 0 amide bonds. The second-order valence-corrected chi connectivity index (χ2v) is 3.75. The standard InChI is InChI=1S/C12H13N5/c1-2-4-10(5-3-1)17-11(6-7-15-17)16-12-13-8-9-14-12/h1-7H,8-9H2,(H2,13,14,16). The number of rotatable bonds is 2. The average molecular weight is 227 g/mol. The molecule has 17 heavy (non-hydrogen) atoms. The zero-order valence-corrected chi connectivity index (χ0v) is 9.30. The molecule has 2 heterocycles. The van der Waals surface area contributed by atoms with Gasteiger partial charge < -0.3 is 10.6 Å². The fourth-order valence-electron chi connectivity index (χ4n) is 1.78. The van der Waals surface area contributed by atoms with Crippen molar-refractivity contribution >= 4 is 11.8 Å². The summed E-state index contributed by atoms with van der Waals surface area (Å²) in [6.45, 7) is 1.71. The number of hydrogen-bond donors (Lipinski definition) is 2. The summed E-state index contributed by atoms with van der Waals surface area (Å²) in [7, 11) is 0. The quantitative estimate of drug-likeness (QED) is 0.811. The minimum atomic E-state index is 0.808. The van der Waals surface area contributed by atoms with E-state index >= 15 is 0 Å². The Morgan fingerprint density at radius 3 is 2.82 bits per heavy atom. The second-order valence-electron chi connectivity index (χ2n) is 3.75. The van der Waals surface area contributed by atoms with Gasteiger partial charge in [0.1, 0.15) is 5.82 Å². The smallest absolute Gasteiger partial charge is 0.197 e. The van der Waals surface area contributed by atoms with E-state index < -0.39 is 0 Å². The average Bonchev–Trinajstić information content (AvgIpc) is 3.02. The minimum absolute atomic E-state index is 0.808. The molecule has 0 atom stereocenters. The first-order valence-corrected chi connectivity index (χ1v) is 5.58. The van der Waals surface area contributed by atoms with Crippen LogP contribution in [0.15, 0.2) is 47.6 Å². The molecule has 5 nitrogen and oxygen atoms in total. The molecule has 0 aliphatic carbocycles. The number of guanidine groups is 1. The number of anilines is 1. The third kappa shape index (κ3) is 1.99. The van der Waals surface area contributed by atoms with Crippen LogP contribution in [0.3, 0.4) is 0 Å². The maximum absolute atomic E-state index is 4.30. The Morgan fingerprint density at radius 2 is 2.06 bits per heavy atom. The van der Waals surface area contributed by atoms with Crippen LogP contribution >= 0.6 is 0 Å². The van der Waals surface area contributed by atoms with Gasteiger partial charge in [-0.05, 0) is 12.1 Å². The molecule has 0 radical (unpaired) electrons. The molecule has 0 saturated carbocycles. The molecule has 86 valence electrons. The van der Waals surface area contributed by atoms with E-state index in [0.29, 0.717) is 0 Å². The summed E-state index contributed by atoms with van der Waals surface area (Å²) in [6, 6.07) is 11.9. The van der Waals surface area contributed by atoms with Gasteiger partial charge in [0.25, 0.3) is 0 Å². The molecule has 0 saturated heterocycles. The van der Waals surface area contributed by atoms with E-state index in [0.717, 1.165) is 30.6 Å². The van der Waals surface area contributed by atoms with Crippen molar-refractivity contribution < 1.29 is 0 Å². The Bertz CT molecular complexity index is 529. The molecule has 0 unspecified atom stereocenters. The summed E-state index contributed by atoms with van der Waals surface area (Å²) in [4.78, 5) is 4.30. The highest BCUT2D eigenvalue weighted by Crippen LogP contribution is 2.14. The maximum atomic E-state index is 4.30. The highest BCUT2D eigenvalue weighted by Gasteiger charge is 2.09. The summed E-state index contributed by atoms with van der Waals surface area (Å²) in [5, 5.41) is 10.7. The molecule has 0 fully saturated rings. The van der Waals surface area contributed by atoms with Crippen LogP contribution in [-0.2, 0) is 0 Å². The molecule has 1 aliphatic heterocycles. The van der Waals surface area contributed by atoms with Gasteiger partial charge in [0, 0.05) is 12.6 Å². The van der Waals surface area contributed by atoms with Crippen LogP contribution in [0.25, 0.3) is 5.69 Å². The number of hydrogen-bond acceptors (Lipinski definition) is 4. The number of aromatic nitrogens is 2. The van der Waals surface area contributed by atoms with Gasteiger partial charge in [0.05, 0.1) is 18.4 Å². The fraction of sp³-hybridized carbons (Fsp3) is 0.167. The van der Waals surface area contributed by atoms with Crippen molar-refractivity contribution in [3.63, 3.8) is 0 Å². The minimum Gasteiger partial charge on any atom is -0.354 e. The molecule has 3 rings (SSSR count). The molecule has 1 aliphatic rings. The van der Waals surface area contributed by atoms with E-state index in [4.69, 9.17) is 0 Å².